The predicted octanol–water partition coefficient (Wildman–Crippen LogP) is 2.12. The Kier molecular flexibility index (Phi) is 4.04. The van der Waals surface area contributed by atoms with Crippen molar-refractivity contribution in [3.05, 3.63) is 35.1 Å². The zero-order chi connectivity index (χ0) is 12.3. The van der Waals surface area contributed by atoms with Gasteiger partial charge in [-0.25, -0.2) is 9.67 Å². The van der Waals surface area contributed by atoms with Gasteiger partial charge < -0.3 is 5.73 Å². The molecule has 0 fully saturated rings. The maximum absolute atomic E-state index is 6.18. The van der Waals surface area contributed by atoms with Crippen LogP contribution in [0.1, 0.15) is 5.56 Å². The second-order valence-electron chi connectivity index (χ2n) is 3.56. The van der Waals surface area contributed by atoms with Crippen LogP contribution in [0.5, 0.6) is 0 Å². The molecule has 1 aromatic heterocycles. The molecule has 0 spiro atoms. The molecule has 4 nitrogen and oxygen atoms in total. The van der Waals surface area contributed by atoms with E-state index in [-0.39, 0.29) is 0 Å². The average Bonchev–Trinajstić information content (AvgIpc) is 2.69. The van der Waals surface area contributed by atoms with Crippen molar-refractivity contribution in [2.24, 2.45) is 12.8 Å². The number of hydrogen-bond acceptors (Lipinski definition) is 4. The summed E-state index contributed by atoms with van der Waals surface area (Å²) in [5, 5.41) is 5.61. The van der Waals surface area contributed by atoms with Crippen molar-refractivity contribution >= 4 is 23.4 Å². The molecular formula is C11H13ClN4S. The first-order valence-electron chi connectivity index (χ1n) is 5.21. The normalized spacial score (nSPS) is 10.8. The minimum Gasteiger partial charge on any atom is -0.330 e. The lowest BCUT2D eigenvalue weighted by Crippen LogP contribution is -2.03. The van der Waals surface area contributed by atoms with E-state index in [2.05, 4.69) is 10.1 Å². The molecule has 0 bridgehead atoms. The van der Waals surface area contributed by atoms with Crippen LogP contribution >= 0.6 is 23.4 Å². The number of nitrogens with zero attached hydrogens (tertiary/aromatic N) is 3. The first-order chi connectivity index (χ1) is 8.20. The third kappa shape index (κ3) is 3.00. The molecule has 17 heavy (non-hydrogen) atoms. The summed E-state index contributed by atoms with van der Waals surface area (Å²) in [6.07, 6.45) is 2.33. The monoisotopic (exact) mass is 268 g/mol. The van der Waals surface area contributed by atoms with Crippen molar-refractivity contribution in [1.29, 1.82) is 0 Å². The summed E-state index contributed by atoms with van der Waals surface area (Å²) in [7, 11) is 1.86. The highest BCUT2D eigenvalue weighted by Crippen LogP contribution is 2.29. The van der Waals surface area contributed by atoms with Crippen molar-refractivity contribution in [3.8, 4) is 0 Å². The fraction of sp³-hybridized carbons (Fsp3) is 0.273. The molecule has 0 atom stereocenters. The molecule has 0 aliphatic heterocycles. The Morgan fingerprint density at radius 3 is 2.88 bits per heavy atom. The van der Waals surface area contributed by atoms with E-state index in [4.69, 9.17) is 17.3 Å². The first kappa shape index (κ1) is 12.4. The maximum Gasteiger partial charge on any atom is 0.190 e. The number of aromatic nitrogens is 3. The van der Waals surface area contributed by atoms with E-state index >= 15 is 0 Å². The molecule has 0 aliphatic rings. The predicted molar refractivity (Wildman–Crippen MR) is 69.3 cm³/mol. The van der Waals surface area contributed by atoms with Crippen molar-refractivity contribution in [1.82, 2.24) is 14.8 Å². The van der Waals surface area contributed by atoms with Gasteiger partial charge in [-0.1, -0.05) is 29.4 Å². The van der Waals surface area contributed by atoms with Crippen LogP contribution < -0.4 is 5.73 Å². The second-order valence-corrected chi connectivity index (χ2v) is 5.01. The summed E-state index contributed by atoms with van der Waals surface area (Å²) in [5.74, 6) is 0. The van der Waals surface area contributed by atoms with Crippen LogP contribution in [0.3, 0.4) is 0 Å². The van der Waals surface area contributed by atoms with Gasteiger partial charge >= 0.3 is 0 Å². The van der Waals surface area contributed by atoms with E-state index in [1.807, 2.05) is 25.2 Å². The fourth-order valence-corrected chi connectivity index (χ4v) is 2.58. The highest BCUT2D eigenvalue weighted by Gasteiger charge is 2.06. The van der Waals surface area contributed by atoms with E-state index in [1.54, 1.807) is 4.68 Å². The van der Waals surface area contributed by atoms with Crippen LogP contribution in [0.15, 0.2) is 34.6 Å². The number of benzene rings is 1. The van der Waals surface area contributed by atoms with E-state index in [1.165, 1.54) is 18.1 Å². The minimum atomic E-state index is 0.607. The van der Waals surface area contributed by atoms with Crippen LogP contribution in [-0.4, -0.2) is 21.3 Å². The highest BCUT2D eigenvalue weighted by molar-refractivity contribution is 7.99. The third-order valence-corrected chi connectivity index (χ3v) is 3.71. The van der Waals surface area contributed by atoms with Gasteiger partial charge in [0.25, 0.3) is 0 Å². The summed E-state index contributed by atoms with van der Waals surface area (Å²) < 4.78 is 1.73. The molecule has 0 unspecified atom stereocenters. The van der Waals surface area contributed by atoms with E-state index in [9.17, 15) is 0 Å². The molecule has 1 heterocycles. The first-order valence-corrected chi connectivity index (χ1v) is 6.40. The van der Waals surface area contributed by atoms with Crippen molar-refractivity contribution in [3.63, 3.8) is 0 Å². The number of aryl methyl sites for hydroxylation is 1. The van der Waals surface area contributed by atoms with Crippen LogP contribution in [0, 0.1) is 0 Å². The smallest absolute Gasteiger partial charge is 0.190 e. The minimum absolute atomic E-state index is 0.607. The Morgan fingerprint density at radius 1 is 1.47 bits per heavy atom. The molecule has 2 rings (SSSR count). The van der Waals surface area contributed by atoms with Gasteiger partial charge in [0.2, 0.25) is 0 Å². The van der Waals surface area contributed by atoms with Gasteiger partial charge in [0.05, 0.1) is 0 Å². The maximum atomic E-state index is 6.18. The van der Waals surface area contributed by atoms with Crippen LogP contribution in [0.4, 0.5) is 0 Å². The van der Waals surface area contributed by atoms with Gasteiger partial charge in [0, 0.05) is 17.0 Å². The van der Waals surface area contributed by atoms with Gasteiger partial charge in [0.1, 0.15) is 6.33 Å². The zero-order valence-corrected chi connectivity index (χ0v) is 11.0. The van der Waals surface area contributed by atoms with Crippen LogP contribution in [-0.2, 0) is 13.5 Å². The van der Waals surface area contributed by atoms with Crippen molar-refractivity contribution in [2.75, 3.05) is 6.54 Å². The van der Waals surface area contributed by atoms with Crippen LogP contribution in [0.25, 0.3) is 0 Å². The Labute approximate surface area is 109 Å². The lowest BCUT2D eigenvalue weighted by atomic mass is 10.1. The molecule has 2 N–H and O–H groups in total. The van der Waals surface area contributed by atoms with Gasteiger partial charge in [-0.3, -0.25) is 0 Å². The quantitative estimate of drug-likeness (QED) is 0.923. The lowest BCUT2D eigenvalue weighted by molar-refractivity contribution is 0.685. The molecule has 0 aliphatic carbocycles. The molecule has 90 valence electrons. The Hall–Kier alpha value is -1.04. The van der Waals surface area contributed by atoms with E-state index < -0.39 is 0 Å². The molecule has 6 heteroatoms. The molecule has 2 aromatic rings. The fourth-order valence-electron chi connectivity index (χ4n) is 1.43. The summed E-state index contributed by atoms with van der Waals surface area (Å²) >= 11 is 7.71. The summed E-state index contributed by atoms with van der Waals surface area (Å²) in [4.78, 5) is 5.20. The molecule has 0 saturated carbocycles. The second kappa shape index (κ2) is 5.53. The SMILES string of the molecule is Cn1ncnc1Sc1ccc(CCN)c(Cl)c1. The average molecular weight is 269 g/mol. The van der Waals surface area contributed by atoms with Gasteiger partial charge in [-0.05, 0) is 30.7 Å². The molecular weight excluding hydrogens is 256 g/mol. The molecule has 1 aromatic carbocycles. The Bertz CT molecular complexity index is 512. The topological polar surface area (TPSA) is 56.7 Å². The zero-order valence-electron chi connectivity index (χ0n) is 9.43. The van der Waals surface area contributed by atoms with Crippen molar-refractivity contribution in [2.45, 2.75) is 16.5 Å². The summed E-state index contributed by atoms with van der Waals surface area (Å²) in [6, 6.07) is 5.97. The molecule has 0 radical (unpaired) electrons. The number of rotatable bonds is 4. The van der Waals surface area contributed by atoms with Gasteiger partial charge in [-0.2, -0.15) is 5.10 Å². The summed E-state index contributed by atoms with van der Waals surface area (Å²) in [5.41, 5.74) is 6.59. The van der Waals surface area contributed by atoms with Gasteiger partial charge in [-0.15, -0.1) is 0 Å². The van der Waals surface area contributed by atoms with Crippen LogP contribution in [0.2, 0.25) is 5.02 Å². The largest absolute Gasteiger partial charge is 0.330 e. The Morgan fingerprint density at radius 2 is 2.29 bits per heavy atom. The van der Waals surface area contributed by atoms with Crippen molar-refractivity contribution < 1.29 is 0 Å². The number of hydrogen-bond donors (Lipinski definition) is 1. The Balaban J connectivity index is 2.18. The standard InChI is InChI=1S/C11H13ClN4S/c1-16-11(14-7-15-16)17-9-3-2-8(4-5-13)10(12)6-9/h2-3,6-7H,4-5,13H2,1H3. The number of nitrogens with two attached hydrogens (primary N) is 1. The highest BCUT2D eigenvalue weighted by atomic mass is 35.5. The molecule has 0 saturated heterocycles. The number of halogens is 1. The molecule has 0 amide bonds. The lowest BCUT2D eigenvalue weighted by Gasteiger charge is -2.05. The summed E-state index contributed by atoms with van der Waals surface area (Å²) in [6.45, 7) is 0.607. The third-order valence-electron chi connectivity index (χ3n) is 2.32. The van der Waals surface area contributed by atoms with E-state index in [0.29, 0.717) is 6.54 Å². The van der Waals surface area contributed by atoms with E-state index in [0.717, 1.165) is 27.1 Å². The van der Waals surface area contributed by atoms with Gasteiger partial charge in [0.15, 0.2) is 5.16 Å².